The Balaban J connectivity index is 2.27. The molecule has 6 nitrogen and oxygen atoms in total. The molecule has 1 heterocycles. The molecule has 2 rings (SSSR count). The topological polar surface area (TPSA) is 77.9 Å². The summed E-state index contributed by atoms with van der Waals surface area (Å²) >= 11 is 0. The zero-order chi connectivity index (χ0) is 13.3. The van der Waals surface area contributed by atoms with Crippen LogP contribution in [0, 0.1) is 0 Å². The Bertz CT molecular complexity index is 527. The fourth-order valence-corrected chi connectivity index (χ4v) is 1.86. The van der Waals surface area contributed by atoms with Crippen molar-refractivity contribution in [2.24, 2.45) is 0 Å². The summed E-state index contributed by atoms with van der Waals surface area (Å²) in [5.74, 6) is -1.39. The second kappa shape index (κ2) is 4.48. The molecule has 18 heavy (non-hydrogen) atoms. The van der Waals surface area contributed by atoms with E-state index in [1.54, 1.807) is 18.2 Å². The number of benzene rings is 1. The number of carboxylic acids is 1. The summed E-state index contributed by atoms with van der Waals surface area (Å²) in [6, 6.07) is 5.93. The number of imide groups is 1. The first kappa shape index (κ1) is 12.1. The van der Waals surface area contributed by atoms with Crippen LogP contribution in [0.25, 0.3) is 0 Å². The number of rotatable bonds is 3. The molecule has 1 N–H and O–H groups in total. The molecule has 0 unspecified atom stereocenters. The van der Waals surface area contributed by atoms with Gasteiger partial charge in [0.25, 0.3) is 5.91 Å². The monoisotopic (exact) mass is 248 g/mol. The fourth-order valence-electron chi connectivity index (χ4n) is 1.86. The number of nitrogens with zero attached hydrogens (tertiary/aromatic N) is 2. The van der Waals surface area contributed by atoms with Crippen LogP contribution >= 0.6 is 0 Å². The first-order valence-electron chi connectivity index (χ1n) is 5.37. The summed E-state index contributed by atoms with van der Waals surface area (Å²) in [4.78, 5) is 36.7. The molecule has 94 valence electrons. The van der Waals surface area contributed by atoms with Gasteiger partial charge >= 0.3 is 12.0 Å². The summed E-state index contributed by atoms with van der Waals surface area (Å²) in [6.07, 6.45) is 0. The van der Waals surface area contributed by atoms with Crippen LogP contribution in [0.5, 0.6) is 0 Å². The van der Waals surface area contributed by atoms with E-state index in [0.717, 1.165) is 4.90 Å². The minimum Gasteiger partial charge on any atom is -0.478 e. The van der Waals surface area contributed by atoms with Gasteiger partial charge in [0.05, 0.1) is 12.1 Å². The Kier molecular flexibility index (Phi) is 3.01. The molecule has 1 fully saturated rings. The van der Waals surface area contributed by atoms with Crippen molar-refractivity contribution in [3.8, 4) is 0 Å². The molecular weight excluding hydrogens is 236 g/mol. The number of amides is 3. The number of hydrogen-bond donors (Lipinski definition) is 1. The van der Waals surface area contributed by atoms with Gasteiger partial charge in [0, 0.05) is 7.05 Å². The SMILES string of the molecule is CN1CC(=O)N(Cc2ccccc2C(=O)O)C1=O. The zero-order valence-electron chi connectivity index (χ0n) is 9.79. The van der Waals surface area contributed by atoms with E-state index < -0.39 is 12.0 Å². The average molecular weight is 248 g/mol. The molecule has 1 aromatic carbocycles. The maximum absolute atomic E-state index is 11.7. The van der Waals surface area contributed by atoms with Crippen molar-refractivity contribution >= 4 is 17.9 Å². The van der Waals surface area contributed by atoms with Crippen molar-refractivity contribution in [3.63, 3.8) is 0 Å². The molecule has 0 spiro atoms. The van der Waals surface area contributed by atoms with Gasteiger partial charge < -0.3 is 10.0 Å². The van der Waals surface area contributed by atoms with Crippen molar-refractivity contribution in [2.75, 3.05) is 13.6 Å². The second-order valence-corrected chi connectivity index (χ2v) is 4.08. The third-order valence-corrected chi connectivity index (χ3v) is 2.81. The van der Waals surface area contributed by atoms with Crippen LogP contribution in [0.2, 0.25) is 0 Å². The van der Waals surface area contributed by atoms with Gasteiger partial charge in [0.1, 0.15) is 6.54 Å². The largest absolute Gasteiger partial charge is 0.478 e. The van der Waals surface area contributed by atoms with E-state index in [1.807, 2.05) is 0 Å². The van der Waals surface area contributed by atoms with Crippen molar-refractivity contribution in [1.82, 2.24) is 9.80 Å². The number of urea groups is 1. The van der Waals surface area contributed by atoms with Crippen LogP contribution in [-0.4, -0.2) is 46.4 Å². The van der Waals surface area contributed by atoms with Crippen LogP contribution in [0.3, 0.4) is 0 Å². The molecule has 3 amide bonds. The van der Waals surface area contributed by atoms with Crippen LogP contribution in [0.4, 0.5) is 4.79 Å². The lowest BCUT2D eigenvalue weighted by Crippen LogP contribution is -2.31. The third-order valence-electron chi connectivity index (χ3n) is 2.81. The van der Waals surface area contributed by atoms with E-state index in [2.05, 4.69) is 0 Å². The summed E-state index contributed by atoms with van der Waals surface area (Å²) in [6.45, 7) is 0.0263. The molecule has 1 aliphatic rings. The molecule has 0 aromatic heterocycles. The van der Waals surface area contributed by atoms with Crippen molar-refractivity contribution < 1.29 is 19.5 Å². The number of hydrogen-bond acceptors (Lipinski definition) is 3. The minimum absolute atomic E-state index is 0.00944. The normalized spacial score (nSPS) is 15.4. The predicted octanol–water partition coefficient (Wildman–Crippen LogP) is 0.779. The zero-order valence-corrected chi connectivity index (χ0v) is 9.79. The Hall–Kier alpha value is -2.37. The highest BCUT2D eigenvalue weighted by atomic mass is 16.4. The number of carboxylic acid groups (broad SMARTS) is 1. The molecule has 6 heteroatoms. The number of carbonyl (C=O) groups excluding carboxylic acids is 2. The molecule has 0 radical (unpaired) electrons. The first-order chi connectivity index (χ1) is 8.50. The van der Waals surface area contributed by atoms with Gasteiger partial charge in [0.15, 0.2) is 0 Å². The fraction of sp³-hybridized carbons (Fsp3) is 0.250. The average Bonchev–Trinajstić information content (AvgIpc) is 2.56. The Morgan fingerprint density at radius 3 is 2.56 bits per heavy atom. The summed E-state index contributed by atoms with van der Waals surface area (Å²) in [7, 11) is 1.53. The van der Waals surface area contributed by atoms with Gasteiger partial charge in [-0.2, -0.15) is 0 Å². The smallest absolute Gasteiger partial charge is 0.336 e. The van der Waals surface area contributed by atoms with E-state index in [0.29, 0.717) is 5.56 Å². The number of aromatic carboxylic acids is 1. The van der Waals surface area contributed by atoms with E-state index in [9.17, 15) is 14.4 Å². The highest BCUT2D eigenvalue weighted by molar-refractivity contribution is 6.02. The lowest BCUT2D eigenvalue weighted by Gasteiger charge is -2.15. The van der Waals surface area contributed by atoms with E-state index in [4.69, 9.17) is 5.11 Å². The first-order valence-corrected chi connectivity index (χ1v) is 5.37. The van der Waals surface area contributed by atoms with Crippen molar-refractivity contribution in [1.29, 1.82) is 0 Å². The number of likely N-dealkylation sites (N-methyl/N-ethyl adjacent to an activating group) is 1. The quantitative estimate of drug-likeness (QED) is 0.802. The lowest BCUT2D eigenvalue weighted by molar-refractivity contribution is -0.125. The van der Waals surface area contributed by atoms with Crippen LogP contribution in [0.15, 0.2) is 24.3 Å². The van der Waals surface area contributed by atoms with Gasteiger partial charge in [0.2, 0.25) is 0 Å². The van der Waals surface area contributed by atoms with Gasteiger partial charge in [-0.15, -0.1) is 0 Å². The van der Waals surface area contributed by atoms with Crippen LogP contribution in [0.1, 0.15) is 15.9 Å². The van der Waals surface area contributed by atoms with E-state index in [1.165, 1.54) is 18.0 Å². The van der Waals surface area contributed by atoms with Gasteiger partial charge in [-0.1, -0.05) is 18.2 Å². The molecule has 1 aliphatic heterocycles. The Morgan fingerprint density at radius 2 is 2.00 bits per heavy atom. The maximum Gasteiger partial charge on any atom is 0.336 e. The highest BCUT2D eigenvalue weighted by Crippen LogP contribution is 2.16. The Morgan fingerprint density at radius 1 is 1.33 bits per heavy atom. The second-order valence-electron chi connectivity index (χ2n) is 4.08. The molecule has 0 atom stereocenters. The molecule has 0 aliphatic carbocycles. The maximum atomic E-state index is 11.7. The number of carbonyl (C=O) groups is 3. The van der Waals surface area contributed by atoms with Crippen LogP contribution < -0.4 is 0 Å². The molecule has 1 saturated heterocycles. The molecule has 0 bridgehead atoms. The summed E-state index contributed by atoms with van der Waals surface area (Å²) < 4.78 is 0. The Labute approximate surface area is 103 Å². The molecule has 0 saturated carbocycles. The van der Waals surface area contributed by atoms with Crippen LogP contribution in [-0.2, 0) is 11.3 Å². The standard InChI is InChI=1S/C12H12N2O4/c1-13-7-10(15)14(12(13)18)6-8-4-2-3-5-9(8)11(16)17/h2-5H,6-7H2,1H3,(H,16,17). The minimum atomic E-state index is -1.07. The van der Waals surface area contributed by atoms with Crippen molar-refractivity contribution in [3.05, 3.63) is 35.4 Å². The lowest BCUT2D eigenvalue weighted by atomic mass is 10.1. The molecule has 1 aromatic rings. The summed E-state index contributed by atoms with van der Waals surface area (Å²) in [5, 5.41) is 9.02. The van der Waals surface area contributed by atoms with Gasteiger partial charge in [-0.05, 0) is 11.6 Å². The van der Waals surface area contributed by atoms with Crippen molar-refractivity contribution in [2.45, 2.75) is 6.54 Å². The predicted molar refractivity (Wildman–Crippen MR) is 62.0 cm³/mol. The highest BCUT2D eigenvalue weighted by Gasteiger charge is 2.33. The summed E-state index contributed by atoms with van der Waals surface area (Å²) in [5.41, 5.74) is 0.551. The molecular formula is C12H12N2O4. The van der Waals surface area contributed by atoms with E-state index >= 15 is 0 Å². The van der Waals surface area contributed by atoms with Gasteiger partial charge in [-0.25, -0.2) is 9.59 Å². The third kappa shape index (κ3) is 2.04. The van der Waals surface area contributed by atoms with E-state index in [-0.39, 0.29) is 24.6 Å². The van der Waals surface area contributed by atoms with Gasteiger partial charge in [-0.3, -0.25) is 9.69 Å².